The topological polar surface area (TPSA) is 72.5 Å². The third kappa shape index (κ3) is 3.85. The molecule has 0 aliphatic rings. The molecule has 0 radical (unpaired) electrons. The zero-order valence-corrected chi connectivity index (χ0v) is 12.0. The maximum absolute atomic E-state index is 11.4. The van der Waals surface area contributed by atoms with E-state index in [1.807, 2.05) is 41.6 Å². The fourth-order valence-corrected chi connectivity index (χ4v) is 2.37. The number of hydrogen-bond donors (Lipinski definition) is 2. The molecule has 5 heteroatoms. The second-order valence-corrected chi connectivity index (χ2v) is 4.98. The Labute approximate surface area is 114 Å². The Kier molecular flexibility index (Phi) is 5.20. The summed E-state index contributed by atoms with van der Waals surface area (Å²) in [6, 6.07) is 2.96. The number of phenolic OH excluding ortho intramolecular Hbond substituents is 1. The largest absolute Gasteiger partial charge is 0.507 e. The van der Waals surface area contributed by atoms with Crippen LogP contribution in [-0.4, -0.2) is 23.7 Å². The van der Waals surface area contributed by atoms with E-state index in [0.29, 0.717) is 12.2 Å². The van der Waals surface area contributed by atoms with Crippen LogP contribution in [0.5, 0.6) is 5.75 Å². The molecule has 0 aliphatic carbocycles. The van der Waals surface area contributed by atoms with Gasteiger partial charge in [-0.05, 0) is 53.6 Å². The van der Waals surface area contributed by atoms with Crippen LogP contribution < -0.4 is 5.73 Å². The van der Waals surface area contributed by atoms with Gasteiger partial charge in [0.05, 0.1) is 10.2 Å². The maximum Gasteiger partial charge on any atom is 0.323 e. The predicted molar refractivity (Wildman–Crippen MR) is 73.9 cm³/mol. The average Bonchev–Trinajstić information content (AvgIpc) is 2.25. The first-order valence-electron chi connectivity index (χ1n) is 5.36. The maximum atomic E-state index is 11.4. The first-order chi connectivity index (χ1) is 7.95. The van der Waals surface area contributed by atoms with Gasteiger partial charge in [0.1, 0.15) is 11.8 Å². The number of nitrogens with two attached hydrogens (primary N) is 1. The van der Waals surface area contributed by atoms with Gasteiger partial charge in [0.2, 0.25) is 0 Å². The molecule has 1 atom stereocenters. The third-order valence-electron chi connectivity index (χ3n) is 2.32. The molecule has 94 valence electrons. The van der Waals surface area contributed by atoms with Crippen LogP contribution in [-0.2, 0) is 16.0 Å². The number of carbonyl (C=O) groups is 1. The van der Waals surface area contributed by atoms with Gasteiger partial charge in [-0.2, -0.15) is 0 Å². The molecule has 0 saturated heterocycles. The normalized spacial score (nSPS) is 12.2. The lowest BCUT2D eigenvalue weighted by atomic mass is 10.0. The van der Waals surface area contributed by atoms with Crippen molar-refractivity contribution < 1.29 is 14.6 Å². The zero-order valence-electron chi connectivity index (χ0n) is 9.87. The highest BCUT2D eigenvalue weighted by atomic mass is 127. The fraction of sp³-hybridized carbons (Fsp3) is 0.417. The van der Waals surface area contributed by atoms with Crippen molar-refractivity contribution in [3.63, 3.8) is 0 Å². The molecule has 0 saturated carbocycles. The van der Waals surface area contributed by atoms with Crippen LogP contribution >= 0.6 is 22.6 Å². The van der Waals surface area contributed by atoms with Gasteiger partial charge in [-0.15, -0.1) is 0 Å². The number of benzene rings is 1. The molecular weight excluding hydrogens is 333 g/mol. The van der Waals surface area contributed by atoms with E-state index in [1.54, 1.807) is 6.92 Å². The van der Waals surface area contributed by atoms with Crippen molar-refractivity contribution in [1.82, 2.24) is 0 Å². The first kappa shape index (κ1) is 14.2. The van der Waals surface area contributed by atoms with E-state index in [-0.39, 0.29) is 12.2 Å². The Morgan fingerprint density at radius 1 is 1.59 bits per heavy atom. The summed E-state index contributed by atoms with van der Waals surface area (Å²) in [6.07, 6.45) is 0.280. The van der Waals surface area contributed by atoms with Crippen LogP contribution in [0.2, 0.25) is 0 Å². The second kappa shape index (κ2) is 6.20. The minimum absolute atomic E-state index is 0.191. The Morgan fingerprint density at radius 2 is 2.24 bits per heavy atom. The van der Waals surface area contributed by atoms with Gasteiger partial charge in [0.25, 0.3) is 0 Å². The number of aromatic hydroxyl groups is 1. The third-order valence-corrected chi connectivity index (χ3v) is 3.14. The molecule has 0 fully saturated rings. The van der Waals surface area contributed by atoms with Crippen molar-refractivity contribution in [3.05, 3.63) is 26.8 Å². The first-order valence-corrected chi connectivity index (χ1v) is 6.43. The molecule has 0 aromatic heterocycles. The highest BCUT2D eigenvalue weighted by Gasteiger charge is 2.18. The molecule has 0 aliphatic heterocycles. The summed E-state index contributed by atoms with van der Waals surface area (Å²) in [4.78, 5) is 11.4. The quantitative estimate of drug-likeness (QED) is 0.642. The van der Waals surface area contributed by atoms with Crippen LogP contribution in [0.15, 0.2) is 12.1 Å². The van der Waals surface area contributed by atoms with Crippen LogP contribution in [0.25, 0.3) is 0 Å². The number of ether oxygens (including phenoxy) is 1. The SMILES string of the molecule is CCOC(=O)C(N)Cc1cc(C)cc(I)c1O. The molecule has 17 heavy (non-hydrogen) atoms. The van der Waals surface area contributed by atoms with Crippen molar-refractivity contribution in [3.8, 4) is 5.75 Å². The Morgan fingerprint density at radius 3 is 2.82 bits per heavy atom. The number of phenols is 1. The summed E-state index contributed by atoms with van der Waals surface area (Å²) in [7, 11) is 0. The monoisotopic (exact) mass is 349 g/mol. The molecule has 1 unspecified atom stereocenters. The Hall–Kier alpha value is -0.820. The molecule has 4 nitrogen and oxygen atoms in total. The number of aryl methyl sites for hydroxylation is 1. The number of halogens is 1. The van der Waals surface area contributed by atoms with E-state index in [2.05, 4.69) is 0 Å². The minimum Gasteiger partial charge on any atom is -0.507 e. The van der Waals surface area contributed by atoms with Gasteiger partial charge in [-0.25, -0.2) is 0 Å². The Balaban J connectivity index is 2.84. The molecule has 0 amide bonds. The van der Waals surface area contributed by atoms with Gasteiger partial charge < -0.3 is 15.6 Å². The molecular formula is C12H16INO3. The Bertz CT molecular complexity index is 420. The second-order valence-electron chi connectivity index (χ2n) is 3.82. The van der Waals surface area contributed by atoms with Gasteiger partial charge in [0, 0.05) is 6.42 Å². The van der Waals surface area contributed by atoms with Crippen LogP contribution in [0.3, 0.4) is 0 Å². The minimum atomic E-state index is -0.738. The van der Waals surface area contributed by atoms with Crippen molar-refractivity contribution in [1.29, 1.82) is 0 Å². The molecule has 1 aromatic carbocycles. The lowest BCUT2D eigenvalue weighted by Crippen LogP contribution is -2.34. The van der Waals surface area contributed by atoms with E-state index in [4.69, 9.17) is 10.5 Å². The number of esters is 1. The molecule has 0 spiro atoms. The van der Waals surface area contributed by atoms with Crippen molar-refractivity contribution >= 4 is 28.6 Å². The standard InChI is InChI=1S/C12H16INO3/c1-3-17-12(16)10(14)6-8-4-7(2)5-9(13)11(8)15/h4-5,10,15H,3,6,14H2,1-2H3. The molecule has 0 heterocycles. The molecule has 1 aromatic rings. The van der Waals surface area contributed by atoms with Crippen molar-refractivity contribution in [2.45, 2.75) is 26.3 Å². The lowest BCUT2D eigenvalue weighted by Gasteiger charge is -2.13. The molecule has 1 rings (SSSR count). The summed E-state index contributed by atoms with van der Waals surface area (Å²) >= 11 is 2.05. The molecule has 3 N–H and O–H groups in total. The van der Waals surface area contributed by atoms with E-state index in [9.17, 15) is 9.90 Å². The smallest absolute Gasteiger partial charge is 0.323 e. The van der Waals surface area contributed by atoms with E-state index < -0.39 is 12.0 Å². The number of hydrogen-bond acceptors (Lipinski definition) is 4. The van der Waals surface area contributed by atoms with Crippen LogP contribution in [0.4, 0.5) is 0 Å². The van der Waals surface area contributed by atoms with Crippen LogP contribution in [0.1, 0.15) is 18.1 Å². The highest BCUT2D eigenvalue weighted by Crippen LogP contribution is 2.26. The summed E-state index contributed by atoms with van der Waals surface area (Å²) in [5, 5.41) is 9.87. The van der Waals surface area contributed by atoms with Gasteiger partial charge in [0.15, 0.2) is 0 Å². The van der Waals surface area contributed by atoms with Gasteiger partial charge >= 0.3 is 5.97 Å². The average molecular weight is 349 g/mol. The van der Waals surface area contributed by atoms with E-state index >= 15 is 0 Å². The van der Waals surface area contributed by atoms with Gasteiger partial charge in [-0.3, -0.25) is 4.79 Å². The fourth-order valence-electron chi connectivity index (χ4n) is 1.53. The predicted octanol–water partition coefficient (Wildman–Crippen LogP) is 1.74. The van der Waals surface area contributed by atoms with Crippen molar-refractivity contribution in [2.24, 2.45) is 5.73 Å². The van der Waals surface area contributed by atoms with E-state index in [0.717, 1.165) is 9.13 Å². The number of rotatable bonds is 4. The summed E-state index contributed by atoms with van der Waals surface area (Å²) < 4.78 is 5.59. The van der Waals surface area contributed by atoms with Crippen molar-refractivity contribution in [2.75, 3.05) is 6.61 Å². The zero-order chi connectivity index (χ0) is 13.0. The van der Waals surface area contributed by atoms with E-state index in [1.165, 1.54) is 0 Å². The number of carbonyl (C=O) groups excluding carboxylic acids is 1. The van der Waals surface area contributed by atoms with Gasteiger partial charge in [-0.1, -0.05) is 6.07 Å². The molecule has 0 bridgehead atoms. The summed E-state index contributed by atoms with van der Waals surface area (Å²) in [6.45, 7) is 3.97. The summed E-state index contributed by atoms with van der Waals surface area (Å²) in [5.74, 6) is -0.251. The lowest BCUT2D eigenvalue weighted by molar-refractivity contribution is -0.144. The highest BCUT2D eigenvalue weighted by molar-refractivity contribution is 14.1. The van der Waals surface area contributed by atoms with Crippen LogP contribution in [0, 0.1) is 10.5 Å². The summed E-state index contributed by atoms with van der Waals surface area (Å²) in [5.41, 5.74) is 7.42.